The van der Waals surface area contributed by atoms with Gasteiger partial charge in [0.25, 0.3) is 0 Å². The van der Waals surface area contributed by atoms with Crippen LogP contribution in [-0.4, -0.2) is 11.7 Å². The van der Waals surface area contributed by atoms with Crippen LogP contribution in [0.4, 0.5) is 0 Å². The van der Waals surface area contributed by atoms with E-state index < -0.39 is 0 Å². The van der Waals surface area contributed by atoms with Crippen molar-refractivity contribution in [3.05, 3.63) is 17.2 Å². The van der Waals surface area contributed by atoms with E-state index in [0.29, 0.717) is 22.3 Å². The van der Waals surface area contributed by atoms with Gasteiger partial charge in [-0.3, -0.25) is 0 Å². The molecule has 1 aromatic carbocycles. The second-order valence-electron chi connectivity index (χ2n) is 2.62. The van der Waals surface area contributed by atoms with Gasteiger partial charge in [0.15, 0.2) is 11.5 Å². The molecule has 72 valence electrons. The van der Waals surface area contributed by atoms with E-state index in [1.54, 1.807) is 6.07 Å². The fourth-order valence-electron chi connectivity index (χ4n) is 0.917. The van der Waals surface area contributed by atoms with E-state index in [9.17, 15) is 5.11 Å². The molecule has 0 heterocycles. The lowest BCUT2D eigenvalue weighted by atomic mass is 10.3. The number of hydrogen-bond donors (Lipinski definition) is 2. The molecule has 2 nitrogen and oxygen atoms in total. The number of phenolic OH excluding ortho intramolecular Hbond substituents is 1. The SMILES string of the molecule is CCCOc1c(O)cc(Cl)cc1S. The van der Waals surface area contributed by atoms with Gasteiger partial charge in [0, 0.05) is 11.1 Å². The maximum absolute atomic E-state index is 9.44. The van der Waals surface area contributed by atoms with Gasteiger partial charge in [0.1, 0.15) is 0 Å². The number of thiol groups is 1. The number of rotatable bonds is 3. The zero-order valence-electron chi connectivity index (χ0n) is 7.25. The number of phenols is 1. The monoisotopic (exact) mass is 218 g/mol. The maximum Gasteiger partial charge on any atom is 0.174 e. The predicted octanol–water partition coefficient (Wildman–Crippen LogP) is 3.12. The summed E-state index contributed by atoms with van der Waals surface area (Å²) in [5.74, 6) is 0.431. The molecule has 0 saturated heterocycles. The van der Waals surface area contributed by atoms with E-state index in [1.807, 2.05) is 6.92 Å². The Hall–Kier alpha value is -0.540. The topological polar surface area (TPSA) is 29.5 Å². The van der Waals surface area contributed by atoms with Crippen LogP contribution in [0.2, 0.25) is 5.02 Å². The van der Waals surface area contributed by atoms with Crippen LogP contribution < -0.4 is 4.74 Å². The summed E-state index contributed by atoms with van der Waals surface area (Å²) in [4.78, 5) is 0.554. The molecular weight excluding hydrogens is 208 g/mol. The van der Waals surface area contributed by atoms with Gasteiger partial charge in [0.2, 0.25) is 0 Å². The first-order valence-electron chi connectivity index (χ1n) is 3.99. The van der Waals surface area contributed by atoms with Crippen molar-refractivity contribution < 1.29 is 9.84 Å². The van der Waals surface area contributed by atoms with Crippen molar-refractivity contribution >= 4 is 24.2 Å². The van der Waals surface area contributed by atoms with Gasteiger partial charge in [0.05, 0.1) is 11.5 Å². The predicted molar refractivity (Wildman–Crippen MR) is 56.2 cm³/mol. The lowest BCUT2D eigenvalue weighted by molar-refractivity contribution is 0.292. The quantitative estimate of drug-likeness (QED) is 0.764. The van der Waals surface area contributed by atoms with Crippen molar-refractivity contribution in [3.63, 3.8) is 0 Å². The first-order chi connectivity index (χ1) is 6.15. The Labute approximate surface area is 87.9 Å². The Bertz CT molecular complexity index is 279. The Morgan fingerprint density at radius 2 is 2.23 bits per heavy atom. The van der Waals surface area contributed by atoms with Gasteiger partial charge in [-0.05, 0) is 12.5 Å². The zero-order valence-corrected chi connectivity index (χ0v) is 8.90. The van der Waals surface area contributed by atoms with Gasteiger partial charge in [-0.1, -0.05) is 18.5 Å². The Morgan fingerprint density at radius 3 is 2.77 bits per heavy atom. The van der Waals surface area contributed by atoms with E-state index in [-0.39, 0.29) is 5.75 Å². The van der Waals surface area contributed by atoms with Gasteiger partial charge in [-0.2, -0.15) is 0 Å². The van der Waals surface area contributed by atoms with E-state index in [1.165, 1.54) is 6.07 Å². The molecule has 0 radical (unpaired) electrons. The average molecular weight is 219 g/mol. The molecule has 1 N–H and O–H groups in total. The fraction of sp³-hybridized carbons (Fsp3) is 0.333. The molecule has 13 heavy (non-hydrogen) atoms. The Morgan fingerprint density at radius 1 is 1.54 bits per heavy atom. The number of aromatic hydroxyl groups is 1. The molecule has 0 aliphatic carbocycles. The minimum Gasteiger partial charge on any atom is -0.504 e. The number of halogens is 1. The summed E-state index contributed by atoms with van der Waals surface area (Å²) in [6.45, 7) is 2.55. The highest BCUT2D eigenvalue weighted by Crippen LogP contribution is 2.35. The van der Waals surface area contributed by atoms with Crippen LogP contribution in [-0.2, 0) is 0 Å². The van der Waals surface area contributed by atoms with Gasteiger partial charge >= 0.3 is 0 Å². The summed E-state index contributed by atoms with van der Waals surface area (Å²) in [6.07, 6.45) is 0.884. The second-order valence-corrected chi connectivity index (χ2v) is 3.54. The minimum atomic E-state index is 0.0333. The highest BCUT2D eigenvalue weighted by atomic mass is 35.5. The number of ether oxygens (including phenoxy) is 1. The molecule has 1 rings (SSSR count). The second kappa shape index (κ2) is 4.63. The molecule has 0 saturated carbocycles. The van der Waals surface area contributed by atoms with E-state index >= 15 is 0 Å². The molecular formula is C9H11ClO2S. The van der Waals surface area contributed by atoms with Gasteiger partial charge < -0.3 is 9.84 Å². The normalized spacial score (nSPS) is 10.1. The summed E-state index contributed by atoms with van der Waals surface area (Å²) in [5, 5.41) is 9.89. The van der Waals surface area contributed by atoms with Crippen LogP contribution in [0.1, 0.15) is 13.3 Å². The maximum atomic E-state index is 9.44. The van der Waals surface area contributed by atoms with Crippen LogP contribution in [0.3, 0.4) is 0 Å². The highest BCUT2D eigenvalue weighted by Gasteiger charge is 2.07. The first-order valence-corrected chi connectivity index (χ1v) is 4.82. The Kier molecular flexibility index (Phi) is 3.75. The van der Waals surface area contributed by atoms with Crippen LogP contribution in [0.25, 0.3) is 0 Å². The number of hydrogen-bond acceptors (Lipinski definition) is 3. The molecule has 0 aliphatic rings. The summed E-state index contributed by atoms with van der Waals surface area (Å²) >= 11 is 9.83. The van der Waals surface area contributed by atoms with Crippen molar-refractivity contribution in [2.24, 2.45) is 0 Å². The third kappa shape index (κ3) is 2.71. The third-order valence-corrected chi connectivity index (χ3v) is 2.02. The van der Waals surface area contributed by atoms with Crippen molar-refractivity contribution in [1.29, 1.82) is 0 Å². The summed E-state index contributed by atoms with van der Waals surface area (Å²) < 4.78 is 5.29. The molecule has 0 bridgehead atoms. The summed E-state index contributed by atoms with van der Waals surface area (Å²) in [5.41, 5.74) is 0. The van der Waals surface area contributed by atoms with Crippen LogP contribution in [0, 0.1) is 0 Å². The molecule has 0 amide bonds. The third-order valence-electron chi connectivity index (χ3n) is 1.47. The van der Waals surface area contributed by atoms with Crippen LogP contribution >= 0.6 is 24.2 Å². The van der Waals surface area contributed by atoms with E-state index in [2.05, 4.69) is 12.6 Å². The average Bonchev–Trinajstić information content (AvgIpc) is 2.02. The lowest BCUT2D eigenvalue weighted by Crippen LogP contribution is -1.96. The van der Waals surface area contributed by atoms with Gasteiger partial charge in [-0.15, -0.1) is 12.6 Å². The minimum absolute atomic E-state index is 0.0333. The van der Waals surface area contributed by atoms with Crippen molar-refractivity contribution in [3.8, 4) is 11.5 Å². The van der Waals surface area contributed by atoms with Crippen LogP contribution in [0.15, 0.2) is 17.0 Å². The molecule has 0 unspecified atom stereocenters. The molecule has 1 aromatic rings. The first kappa shape index (κ1) is 10.5. The smallest absolute Gasteiger partial charge is 0.174 e. The summed E-state index contributed by atoms with van der Waals surface area (Å²) in [7, 11) is 0. The summed E-state index contributed by atoms with van der Waals surface area (Å²) in [6, 6.07) is 3.07. The molecule has 0 spiro atoms. The van der Waals surface area contributed by atoms with E-state index in [0.717, 1.165) is 6.42 Å². The van der Waals surface area contributed by atoms with Crippen molar-refractivity contribution in [1.82, 2.24) is 0 Å². The zero-order chi connectivity index (χ0) is 9.84. The molecule has 4 heteroatoms. The lowest BCUT2D eigenvalue weighted by Gasteiger charge is -2.09. The molecule has 0 fully saturated rings. The molecule has 0 aromatic heterocycles. The standard InChI is InChI=1S/C9H11ClO2S/c1-2-3-12-9-7(11)4-6(10)5-8(9)13/h4-5,11,13H,2-3H2,1H3. The largest absolute Gasteiger partial charge is 0.504 e. The van der Waals surface area contributed by atoms with Crippen molar-refractivity contribution in [2.75, 3.05) is 6.61 Å². The van der Waals surface area contributed by atoms with Crippen molar-refractivity contribution in [2.45, 2.75) is 18.2 Å². The molecule has 0 atom stereocenters. The Balaban J connectivity index is 2.92. The van der Waals surface area contributed by atoms with Crippen LogP contribution in [0.5, 0.6) is 11.5 Å². The fourth-order valence-corrected chi connectivity index (χ4v) is 1.52. The molecule has 0 aliphatic heterocycles. The van der Waals surface area contributed by atoms with E-state index in [4.69, 9.17) is 16.3 Å². The van der Waals surface area contributed by atoms with Gasteiger partial charge in [-0.25, -0.2) is 0 Å². The highest BCUT2D eigenvalue weighted by molar-refractivity contribution is 7.80. The number of benzene rings is 1.